The third-order valence-corrected chi connectivity index (χ3v) is 5.49. The summed E-state index contributed by atoms with van der Waals surface area (Å²) in [6, 6.07) is 9.56. The van der Waals surface area contributed by atoms with Crippen LogP contribution in [-0.4, -0.2) is 55.8 Å². The molecule has 10 nitrogen and oxygen atoms in total. The lowest BCUT2D eigenvalue weighted by molar-refractivity contribution is 0.208. The van der Waals surface area contributed by atoms with E-state index in [1.165, 1.54) is 5.56 Å². The van der Waals surface area contributed by atoms with Crippen molar-refractivity contribution >= 4 is 35.2 Å². The van der Waals surface area contributed by atoms with Gasteiger partial charge in [-0.3, -0.25) is 0 Å². The molecular weight excluding hydrogens is 416 g/mol. The van der Waals surface area contributed by atoms with Crippen LogP contribution < -0.4 is 20.7 Å². The molecule has 0 aliphatic carbocycles. The number of rotatable bonds is 6. The molecule has 1 aliphatic rings. The molecule has 1 saturated heterocycles. The summed E-state index contributed by atoms with van der Waals surface area (Å²) in [5, 5.41) is 2.99. The van der Waals surface area contributed by atoms with Gasteiger partial charge in [0.1, 0.15) is 6.61 Å². The number of benzene rings is 1. The quantitative estimate of drug-likeness (QED) is 0.599. The van der Waals surface area contributed by atoms with Crippen LogP contribution >= 0.6 is 11.7 Å². The van der Waals surface area contributed by atoms with E-state index in [0.717, 1.165) is 23.8 Å². The number of nitrogen functional groups attached to an aromatic ring is 1. The molecule has 0 bridgehead atoms. The second-order valence-electron chi connectivity index (χ2n) is 7.05. The van der Waals surface area contributed by atoms with Crippen molar-refractivity contribution in [2.24, 2.45) is 0 Å². The Balaban J connectivity index is 1.31. The maximum atomic E-state index is 12.6. The highest BCUT2D eigenvalue weighted by Gasteiger charge is 2.25. The van der Waals surface area contributed by atoms with Crippen LogP contribution in [0.2, 0.25) is 0 Å². The summed E-state index contributed by atoms with van der Waals surface area (Å²) in [4.78, 5) is 24.5. The largest absolute Gasteiger partial charge is 0.468 e. The summed E-state index contributed by atoms with van der Waals surface area (Å²) in [6.45, 7) is 4.77. The summed E-state index contributed by atoms with van der Waals surface area (Å²) in [5.74, 6) is 1.34. The van der Waals surface area contributed by atoms with E-state index >= 15 is 0 Å². The Morgan fingerprint density at radius 1 is 1.23 bits per heavy atom. The van der Waals surface area contributed by atoms with E-state index in [0.29, 0.717) is 43.6 Å². The average molecular weight is 441 g/mol. The summed E-state index contributed by atoms with van der Waals surface area (Å²) in [6.07, 6.45) is 2.52. The zero-order valence-corrected chi connectivity index (χ0v) is 18.0. The molecule has 3 aromatic rings. The van der Waals surface area contributed by atoms with Crippen LogP contribution in [0.4, 0.5) is 22.2 Å². The van der Waals surface area contributed by atoms with Crippen LogP contribution in [-0.2, 0) is 13.0 Å². The Labute approximate surface area is 184 Å². The third kappa shape index (κ3) is 5.18. The maximum absolute atomic E-state index is 12.6. The van der Waals surface area contributed by atoms with Crippen molar-refractivity contribution in [3.63, 3.8) is 0 Å². The van der Waals surface area contributed by atoms with Crippen LogP contribution in [0.3, 0.4) is 0 Å². The Hall–Kier alpha value is -3.47. The molecule has 1 aliphatic heterocycles. The predicted molar refractivity (Wildman–Crippen MR) is 119 cm³/mol. The van der Waals surface area contributed by atoms with E-state index in [1.807, 2.05) is 18.2 Å². The number of aryl methyl sites for hydroxylation is 1. The molecule has 0 radical (unpaired) electrons. The van der Waals surface area contributed by atoms with Gasteiger partial charge < -0.3 is 25.6 Å². The minimum absolute atomic E-state index is 0.0953. The minimum Gasteiger partial charge on any atom is -0.468 e. The number of aromatic nitrogens is 4. The number of urea groups is 1. The van der Waals surface area contributed by atoms with Crippen molar-refractivity contribution in [1.82, 2.24) is 23.6 Å². The zero-order valence-electron chi connectivity index (χ0n) is 17.2. The second kappa shape index (κ2) is 9.56. The van der Waals surface area contributed by atoms with E-state index in [2.05, 4.69) is 41.9 Å². The average Bonchev–Trinajstić information content (AvgIpc) is 3.26. The molecule has 162 valence electrons. The van der Waals surface area contributed by atoms with Crippen LogP contribution in [0.1, 0.15) is 18.2 Å². The molecule has 4 rings (SSSR count). The van der Waals surface area contributed by atoms with E-state index in [9.17, 15) is 4.79 Å². The van der Waals surface area contributed by atoms with Gasteiger partial charge in [0.05, 0.1) is 17.4 Å². The fraction of sp³-hybridized carbons (Fsp3) is 0.350. The van der Waals surface area contributed by atoms with Crippen molar-refractivity contribution in [2.45, 2.75) is 20.0 Å². The number of carbonyl (C=O) groups excluding carboxylic acids is 1. The number of nitrogens with two attached hydrogens (primary N) is 1. The Bertz CT molecular complexity index is 1040. The predicted octanol–water partition coefficient (Wildman–Crippen LogP) is 2.41. The summed E-state index contributed by atoms with van der Waals surface area (Å²) in [7, 11) is 0. The zero-order chi connectivity index (χ0) is 21.6. The summed E-state index contributed by atoms with van der Waals surface area (Å²) >= 11 is 1.09. The van der Waals surface area contributed by atoms with Gasteiger partial charge in [0.15, 0.2) is 0 Å². The van der Waals surface area contributed by atoms with E-state index < -0.39 is 0 Å². The molecule has 3 heterocycles. The molecule has 3 N–H and O–H groups in total. The third-order valence-electron chi connectivity index (χ3n) is 4.98. The molecule has 31 heavy (non-hydrogen) atoms. The first-order valence-electron chi connectivity index (χ1n) is 10.0. The van der Waals surface area contributed by atoms with Gasteiger partial charge in [0.25, 0.3) is 5.88 Å². The number of piperazine rings is 1. The number of ether oxygens (including phenoxy) is 1. The van der Waals surface area contributed by atoms with Crippen LogP contribution in [0, 0.1) is 0 Å². The van der Waals surface area contributed by atoms with Gasteiger partial charge >= 0.3 is 6.03 Å². The monoisotopic (exact) mass is 440 g/mol. The van der Waals surface area contributed by atoms with Gasteiger partial charge in [0.2, 0.25) is 11.8 Å². The normalized spacial score (nSPS) is 13.8. The molecule has 1 fully saturated rings. The standard InChI is InChI=1S/C20H24N8O2S/c1-2-14-4-3-5-15(12-14)24-20(29)28-10-8-27(9-11-28)17-18(26-31-25-17)30-13-16-6-7-22-19(21)23-16/h3-7,12H,2,8-11,13H2,1H3,(H,24,29)(H2,21,22,23). The van der Waals surface area contributed by atoms with Gasteiger partial charge in [-0.15, -0.1) is 4.37 Å². The topological polar surface area (TPSA) is 122 Å². The Morgan fingerprint density at radius 3 is 2.84 bits per heavy atom. The smallest absolute Gasteiger partial charge is 0.321 e. The van der Waals surface area contributed by atoms with Gasteiger partial charge in [-0.1, -0.05) is 19.1 Å². The molecule has 0 atom stereocenters. The van der Waals surface area contributed by atoms with Crippen molar-refractivity contribution < 1.29 is 9.53 Å². The lowest BCUT2D eigenvalue weighted by atomic mass is 10.1. The van der Waals surface area contributed by atoms with E-state index in [4.69, 9.17) is 10.5 Å². The van der Waals surface area contributed by atoms with Crippen LogP contribution in [0.15, 0.2) is 36.5 Å². The highest BCUT2D eigenvalue weighted by Crippen LogP contribution is 2.27. The first-order chi connectivity index (χ1) is 15.1. The van der Waals surface area contributed by atoms with Crippen LogP contribution in [0.5, 0.6) is 5.88 Å². The first kappa shape index (κ1) is 20.8. The Morgan fingerprint density at radius 2 is 2.06 bits per heavy atom. The maximum Gasteiger partial charge on any atom is 0.321 e. The fourth-order valence-corrected chi connectivity index (χ4v) is 3.81. The van der Waals surface area contributed by atoms with Gasteiger partial charge in [-0.2, -0.15) is 4.37 Å². The van der Waals surface area contributed by atoms with E-state index in [1.54, 1.807) is 17.2 Å². The lowest BCUT2D eigenvalue weighted by Gasteiger charge is -2.34. The highest BCUT2D eigenvalue weighted by atomic mass is 32.1. The summed E-state index contributed by atoms with van der Waals surface area (Å²) < 4.78 is 14.4. The SMILES string of the molecule is CCc1cccc(NC(=O)N2CCN(c3nsnc3OCc3ccnc(N)n3)CC2)c1. The van der Waals surface area contributed by atoms with E-state index in [-0.39, 0.29) is 18.6 Å². The number of amides is 2. The van der Waals surface area contributed by atoms with Gasteiger partial charge in [-0.25, -0.2) is 14.8 Å². The molecule has 0 saturated carbocycles. The molecule has 0 unspecified atom stereocenters. The minimum atomic E-state index is -0.0953. The molecule has 0 spiro atoms. The number of anilines is 3. The number of nitrogens with one attached hydrogen (secondary N) is 1. The fourth-order valence-electron chi connectivity index (χ4n) is 3.29. The molecular formula is C20H24N8O2S. The number of nitrogens with zero attached hydrogens (tertiary/aromatic N) is 6. The van der Waals surface area contributed by atoms with Crippen LogP contribution in [0.25, 0.3) is 0 Å². The molecule has 2 amide bonds. The highest BCUT2D eigenvalue weighted by molar-refractivity contribution is 6.99. The molecule has 2 aromatic heterocycles. The molecule has 11 heteroatoms. The molecule has 1 aromatic carbocycles. The van der Waals surface area contributed by atoms with Crippen molar-refractivity contribution in [2.75, 3.05) is 42.1 Å². The van der Waals surface area contributed by atoms with Crippen molar-refractivity contribution in [3.05, 3.63) is 47.8 Å². The summed E-state index contributed by atoms with van der Waals surface area (Å²) in [5.41, 5.74) is 8.28. The number of hydrogen-bond acceptors (Lipinski definition) is 9. The first-order valence-corrected chi connectivity index (χ1v) is 10.8. The van der Waals surface area contributed by atoms with Gasteiger partial charge in [0, 0.05) is 38.1 Å². The Kier molecular flexibility index (Phi) is 6.41. The number of carbonyl (C=O) groups is 1. The lowest BCUT2D eigenvalue weighted by Crippen LogP contribution is -2.50. The number of hydrogen-bond donors (Lipinski definition) is 2. The van der Waals surface area contributed by atoms with Crippen molar-refractivity contribution in [3.8, 4) is 5.88 Å². The van der Waals surface area contributed by atoms with Crippen molar-refractivity contribution in [1.29, 1.82) is 0 Å². The van der Waals surface area contributed by atoms with Gasteiger partial charge in [-0.05, 0) is 30.2 Å². The second-order valence-corrected chi connectivity index (χ2v) is 7.57.